The van der Waals surface area contributed by atoms with E-state index in [9.17, 15) is 0 Å². The van der Waals surface area contributed by atoms with Crippen molar-refractivity contribution in [2.24, 2.45) is 0 Å². The van der Waals surface area contributed by atoms with Gasteiger partial charge in [0.2, 0.25) is 0 Å². The van der Waals surface area contributed by atoms with E-state index < -0.39 is 0 Å². The number of hydrogen-bond donors (Lipinski definition) is 1. The average molecular weight is 332 g/mol. The molecular formula is C16H18BrN3. The molecule has 1 N–H and O–H groups in total. The highest BCUT2D eigenvalue weighted by molar-refractivity contribution is 9.10. The summed E-state index contributed by atoms with van der Waals surface area (Å²) in [5, 5.41) is 3.40. The second kappa shape index (κ2) is 6.27. The lowest BCUT2D eigenvalue weighted by molar-refractivity contribution is 0.578. The average Bonchev–Trinajstić information content (AvgIpc) is 2.51. The van der Waals surface area contributed by atoms with Crippen LogP contribution in [-0.4, -0.2) is 18.1 Å². The number of pyridine rings is 1. The zero-order chi connectivity index (χ0) is 13.8. The Morgan fingerprint density at radius 2 is 1.75 bits per heavy atom. The molecule has 0 atom stereocenters. The molecule has 2 aromatic rings. The number of halogens is 1. The van der Waals surface area contributed by atoms with E-state index in [4.69, 9.17) is 0 Å². The molecule has 0 spiro atoms. The van der Waals surface area contributed by atoms with Gasteiger partial charge in [-0.1, -0.05) is 0 Å². The van der Waals surface area contributed by atoms with E-state index in [2.05, 4.69) is 55.4 Å². The minimum Gasteiger partial charge on any atom is -0.372 e. The number of hydrogen-bond acceptors (Lipinski definition) is 3. The Labute approximate surface area is 128 Å². The van der Waals surface area contributed by atoms with Gasteiger partial charge in [-0.05, 0) is 65.5 Å². The third kappa shape index (κ3) is 3.12. The molecule has 0 bridgehead atoms. The molecule has 0 saturated carbocycles. The molecule has 2 heterocycles. The molecule has 1 fully saturated rings. The van der Waals surface area contributed by atoms with Crippen molar-refractivity contribution in [2.75, 3.05) is 23.3 Å². The Balaban J connectivity index is 1.71. The first-order chi connectivity index (χ1) is 9.83. The van der Waals surface area contributed by atoms with E-state index in [1.54, 1.807) is 12.4 Å². The maximum absolute atomic E-state index is 4.07. The largest absolute Gasteiger partial charge is 0.372 e. The van der Waals surface area contributed by atoms with Gasteiger partial charge in [-0.2, -0.15) is 0 Å². The molecule has 20 heavy (non-hydrogen) atoms. The predicted octanol–water partition coefficient (Wildman–Crippen LogP) is 4.58. The van der Waals surface area contributed by atoms with Crippen molar-refractivity contribution >= 4 is 33.0 Å². The van der Waals surface area contributed by atoms with Crippen LogP contribution >= 0.6 is 15.9 Å². The van der Waals surface area contributed by atoms with Gasteiger partial charge < -0.3 is 10.2 Å². The van der Waals surface area contributed by atoms with Crippen LogP contribution in [0.3, 0.4) is 0 Å². The molecule has 0 amide bonds. The van der Waals surface area contributed by atoms with E-state index in [-0.39, 0.29) is 0 Å². The van der Waals surface area contributed by atoms with Gasteiger partial charge in [0.15, 0.2) is 0 Å². The number of aromatic nitrogens is 1. The first-order valence-electron chi connectivity index (χ1n) is 7.04. The van der Waals surface area contributed by atoms with Crippen LogP contribution in [0.4, 0.5) is 17.1 Å². The molecule has 0 aliphatic carbocycles. The quantitative estimate of drug-likeness (QED) is 0.892. The second-order valence-corrected chi connectivity index (χ2v) is 5.93. The molecule has 104 valence electrons. The van der Waals surface area contributed by atoms with Crippen molar-refractivity contribution in [2.45, 2.75) is 19.3 Å². The summed E-state index contributed by atoms with van der Waals surface area (Å²) in [6.45, 7) is 2.37. The van der Waals surface area contributed by atoms with Crippen LogP contribution in [0, 0.1) is 0 Å². The van der Waals surface area contributed by atoms with Gasteiger partial charge in [-0.15, -0.1) is 0 Å². The van der Waals surface area contributed by atoms with E-state index in [0.717, 1.165) is 15.8 Å². The number of rotatable bonds is 3. The van der Waals surface area contributed by atoms with Gasteiger partial charge in [-0.25, -0.2) is 0 Å². The van der Waals surface area contributed by atoms with Crippen molar-refractivity contribution < 1.29 is 0 Å². The number of piperidine rings is 1. The van der Waals surface area contributed by atoms with Gasteiger partial charge in [0.1, 0.15) is 0 Å². The van der Waals surface area contributed by atoms with Gasteiger partial charge in [0, 0.05) is 36.9 Å². The van der Waals surface area contributed by atoms with Gasteiger partial charge in [-0.3, -0.25) is 4.98 Å². The Morgan fingerprint density at radius 1 is 1.00 bits per heavy atom. The van der Waals surface area contributed by atoms with Crippen LogP contribution in [0.1, 0.15) is 19.3 Å². The van der Waals surface area contributed by atoms with Crippen LogP contribution in [-0.2, 0) is 0 Å². The van der Waals surface area contributed by atoms with Crippen LogP contribution < -0.4 is 10.2 Å². The molecular weight excluding hydrogens is 314 g/mol. The molecule has 3 rings (SSSR count). The number of benzene rings is 1. The minimum atomic E-state index is 0.972. The van der Waals surface area contributed by atoms with Gasteiger partial charge in [0.05, 0.1) is 10.2 Å². The third-order valence-electron chi connectivity index (χ3n) is 3.64. The SMILES string of the molecule is Brc1cnccc1Nc1ccc(N2CCCCC2)cc1. The van der Waals surface area contributed by atoms with Crippen molar-refractivity contribution in [3.8, 4) is 0 Å². The summed E-state index contributed by atoms with van der Waals surface area (Å²) in [7, 11) is 0. The highest BCUT2D eigenvalue weighted by Crippen LogP contribution is 2.26. The summed E-state index contributed by atoms with van der Waals surface area (Å²) in [4.78, 5) is 6.54. The monoisotopic (exact) mass is 331 g/mol. The van der Waals surface area contributed by atoms with E-state index in [1.165, 1.54) is 38.0 Å². The van der Waals surface area contributed by atoms with Crippen LogP contribution in [0.15, 0.2) is 47.2 Å². The fourth-order valence-corrected chi connectivity index (χ4v) is 2.89. The van der Waals surface area contributed by atoms with Gasteiger partial charge in [0.25, 0.3) is 0 Å². The smallest absolute Gasteiger partial charge is 0.0593 e. The molecule has 1 aliphatic heterocycles. The molecule has 1 saturated heterocycles. The van der Waals surface area contributed by atoms with Crippen molar-refractivity contribution in [3.63, 3.8) is 0 Å². The first-order valence-corrected chi connectivity index (χ1v) is 7.84. The third-order valence-corrected chi connectivity index (χ3v) is 4.27. The zero-order valence-corrected chi connectivity index (χ0v) is 12.9. The van der Waals surface area contributed by atoms with Crippen LogP contribution in [0.5, 0.6) is 0 Å². The zero-order valence-electron chi connectivity index (χ0n) is 11.3. The molecule has 3 nitrogen and oxygen atoms in total. The fraction of sp³-hybridized carbons (Fsp3) is 0.312. The fourth-order valence-electron chi connectivity index (χ4n) is 2.54. The molecule has 0 radical (unpaired) electrons. The Bertz CT molecular complexity index is 562. The Hall–Kier alpha value is -1.55. The van der Waals surface area contributed by atoms with E-state index in [0.29, 0.717) is 0 Å². The maximum atomic E-state index is 4.07. The minimum absolute atomic E-state index is 0.972. The summed E-state index contributed by atoms with van der Waals surface area (Å²) < 4.78 is 0.972. The van der Waals surface area contributed by atoms with Crippen LogP contribution in [0.25, 0.3) is 0 Å². The normalized spacial score (nSPS) is 15.2. The lowest BCUT2D eigenvalue weighted by Crippen LogP contribution is -2.29. The summed E-state index contributed by atoms with van der Waals surface area (Å²) >= 11 is 3.50. The standard InChI is InChI=1S/C16H18BrN3/c17-15-12-18-9-8-16(15)19-13-4-6-14(7-5-13)20-10-2-1-3-11-20/h4-9,12H,1-3,10-11H2,(H,18,19). The predicted molar refractivity (Wildman–Crippen MR) is 87.7 cm³/mol. The highest BCUT2D eigenvalue weighted by atomic mass is 79.9. The summed E-state index contributed by atoms with van der Waals surface area (Å²) in [5.74, 6) is 0. The van der Waals surface area contributed by atoms with Crippen molar-refractivity contribution in [1.29, 1.82) is 0 Å². The Morgan fingerprint density at radius 3 is 2.45 bits per heavy atom. The van der Waals surface area contributed by atoms with E-state index in [1.807, 2.05) is 6.07 Å². The lowest BCUT2D eigenvalue weighted by atomic mass is 10.1. The van der Waals surface area contributed by atoms with E-state index >= 15 is 0 Å². The second-order valence-electron chi connectivity index (χ2n) is 5.08. The topological polar surface area (TPSA) is 28.2 Å². The number of nitrogens with one attached hydrogen (secondary N) is 1. The maximum Gasteiger partial charge on any atom is 0.0593 e. The Kier molecular flexibility index (Phi) is 4.21. The molecule has 1 aromatic carbocycles. The highest BCUT2D eigenvalue weighted by Gasteiger charge is 2.10. The lowest BCUT2D eigenvalue weighted by Gasteiger charge is -2.28. The van der Waals surface area contributed by atoms with Crippen molar-refractivity contribution in [1.82, 2.24) is 4.98 Å². The van der Waals surface area contributed by atoms with Gasteiger partial charge >= 0.3 is 0 Å². The summed E-state index contributed by atoms with van der Waals surface area (Å²) in [6.07, 6.45) is 7.57. The molecule has 4 heteroatoms. The molecule has 0 unspecified atom stereocenters. The number of nitrogens with zero attached hydrogens (tertiary/aromatic N) is 2. The molecule has 1 aromatic heterocycles. The number of anilines is 3. The summed E-state index contributed by atoms with van der Waals surface area (Å²) in [5.41, 5.74) is 3.45. The van der Waals surface area contributed by atoms with Crippen molar-refractivity contribution in [3.05, 3.63) is 47.2 Å². The summed E-state index contributed by atoms with van der Waals surface area (Å²) in [6, 6.07) is 10.6. The molecule has 1 aliphatic rings. The first kappa shape index (κ1) is 13.4. The van der Waals surface area contributed by atoms with Crippen LogP contribution in [0.2, 0.25) is 0 Å².